The maximum absolute atomic E-state index is 13.8. The third-order valence-electron chi connectivity index (χ3n) is 4.95. The Morgan fingerprint density at radius 3 is 2.57 bits per heavy atom. The van der Waals surface area contributed by atoms with Gasteiger partial charge in [-0.2, -0.15) is 5.26 Å². The van der Waals surface area contributed by atoms with Crippen molar-refractivity contribution in [1.82, 2.24) is 14.7 Å². The van der Waals surface area contributed by atoms with Crippen molar-refractivity contribution in [2.75, 3.05) is 39.3 Å². The van der Waals surface area contributed by atoms with E-state index < -0.39 is 0 Å². The second kappa shape index (κ2) is 10.0. The van der Waals surface area contributed by atoms with Gasteiger partial charge in [0.1, 0.15) is 11.6 Å². The fraction of sp³-hybridized carbons (Fsp3) is 0.429. The Morgan fingerprint density at radius 1 is 1.14 bits per heavy atom. The standard InChI is InChI=1S/C21H25FN4O2/c22-20-7-2-1-5-18(20)15-24-10-12-25(13-11-24)17-21(27)26(9-4-8-23)16-19-6-3-14-28-19/h1-3,5-7,14H,4,9-13,15-17H2. The first kappa shape index (κ1) is 20.1. The summed E-state index contributed by atoms with van der Waals surface area (Å²) in [5, 5.41) is 8.86. The number of halogens is 1. The summed E-state index contributed by atoms with van der Waals surface area (Å²) in [6.07, 6.45) is 1.87. The predicted octanol–water partition coefficient (Wildman–Crippen LogP) is 2.48. The molecule has 1 saturated heterocycles. The SMILES string of the molecule is N#CCCN(Cc1ccco1)C(=O)CN1CCN(Cc2ccccc2F)CC1. The van der Waals surface area contributed by atoms with Crippen molar-refractivity contribution in [3.8, 4) is 6.07 Å². The largest absolute Gasteiger partial charge is 0.467 e. The summed E-state index contributed by atoms with van der Waals surface area (Å²) in [5.41, 5.74) is 0.702. The minimum Gasteiger partial charge on any atom is -0.467 e. The van der Waals surface area contributed by atoms with Crippen LogP contribution in [0.25, 0.3) is 0 Å². The lowest BCUT2D eigenvalue weighted by molar-refractivity contribution is -0.133. The molecule has 0 bridgehead atoms. The zero-order chi connectivity index (χ0) is 19.8. The maximum atomic E-state index is 13.8. The average Bonchev–Trinajstić information content (AvgIpc) is 3.21. The monoisotopic (exact) mass is 384 g/mol. The number of hydrogen-bond donors (Lipinski definition) is 0. The van der Waals surface area contributed by atoms with Crippen molar-refractivity contribution in [2.45, 2.75) is 19.5 Å². The fourth-order valence-electron chi connectivity index (χ4n) is 3.33. The van der Waals surface area contributed by atoms with Crippen molar-refractivity contribution < 1.29 is 13.6 Å². The molecule has 7 heteroatoms. The van der Waals surface area contributed by atoms with Gasteiger partial charge in [-0.15, -0.1) is 0 Å². The zero-order valence-electron chi connectivity index (χ0n) is 15.9. The number of furan rings is 1. The Labute approximate surface area is 164 Å². The minimum absolute atomic E-state index is 0.00537. The number of carbonyl (C=O) groups is 1. The highest BCUT2D eigenvalue weighted by atomic mass is 19.1. The molecule has 3 rings (SSSR count). The normalized spacial score (nSPS) is 15.3. The van der Waals surface area contributed by atoms with Crippen LogP contribution in [0.5, 0.6) is 0 Å². The van der Waals surface area contributed by atoms with E-state index in [1.807, 2.05) is 18.2 Å². The van der Waals surface area contributed by atoms with Crippen molar-refractivity contribution in [3.63, 3.8) is 0 Å². The van der Waals surface area contributed by atoms with Crippen LogP contribution in [-0.4, -0.2) is 59.9 Å². The molecule has 1 aromatic carbocycles. The Balaban J connectivity index is 1.48. The summed E-state index contributed by atoms with van der Waals surface area (Å²) >= 11 is 0. The van der Waals surface area contributed by atoms with Crippen LogP contribution in [-0.2, 0) is 17.9 Å². The lowest BCUT2D eigenvalue weighted by Crippen LogP contribution is -2.49. The molecule has 2 heterocycles. The number of piperazine rings is 1. The summed E-state index contributed by atoms with van der Waals surface area (Å²) in [6, 6.07) is 12.6. The fourth-order valence-corrected chi connectivity index (χ4v) is 3.33. The molecule has 2 aromatic rings. The van der Waals surface area contributed by atoms with Crippen molar-refractivity contribution in [3.05, 3.63) is 59.8 Å². The van der Waals surface area contributed by atoms with Crippen molar-refractivity contribution >= 4 is 5.91 Å². The molecule has 0 atom stereocenters. The van der Waals surface area contributed by atoms with Gasteiger partial charge >= 0.3 is 0 Å². The van der Waals surface area contributed by atoms with Gasteiger partial charge in [-0.1, -0.05) is 18.2 Å². The summed E-state index contributed by atoms with van der Waals surface area (Å²) in [6.45, 7) is 4.76. The van der Waals surface area contributed by atoms with Gasteiger partial charge in [0.05, 0.1) is 31.8 Å². The third kappa shape index (κ3) is 5.65. The van der Waals surface area contributed by atoms with Crippen LogP contribution in [0.15, 0.2) is 47.1 Å². The van der Waals surface area contributed by atoms with E-state index in [1.54, 1.807) is 23.3 Å². The van der Waals surface area contributed by atoms with Gasteiger partial charge in [-0.05, 0) is 18.2 Å². The van der Waals surface area contributed by atoms with Gasteiger partial charge in [0, 0.05) is 44.8 Å². The highest BCUT2D eigenvalue weighted by Crippen LogP contribution is 2.13. The van der Waals surface area contributed by atoms with Crippen LogP contribution in [0.2, 0.25) is 0 Å². The van der Waals surface area contributed by atoms with Gasteiger partial charge in [-0.3, -0.25) is 14.6 Å². The van der Waals surface area contributed by atoms with Crippen LogP contribution in [0, 0.1) is 17.1 Å². The molecule has 1 aromatic heterocycles. The maximum Gasteiger partial charge on any atom is 0.237 e. The molecule has 6 nitrogen and oxygen atoms in total. The molecule has 28 heavy (non-hydrogen) atoms. The number of nitrogens with zero attached hydrogens (tertiary/aromatic N) is 4. The van der Waals surface area contributed by atoms with E-state index in [-0.39, 0.29) is 11.7 Å². The number of benzene rings is 1. The highest BCUT2D eigenvalue weighted by Gasteiger charge is 2.22. The van der Waals surface area contributed by atoms with Crippen LogP contribution < -0.4 is 0 Å². The first-order valence-corrected chi connectivity index (χ1v) is 9.51. The molecule has 0 N–H and O–H groups in total. The van der Waals surface area contributed by atoms with Crippen LogP contribution in [0.1, 0.15) is 17.7 Å². The molecule has 0 aliphatic carbocycles. The van der Waals surface area contributed by atoms with E-state index in [0.717, 1.165) is 26.2 Å². The second-order valence-corrected chi connectivity index (χ2v) is 6.95. The Morgan fingerprint density at radius 2 is 1.89 bits per heavy atom. The summed E-state index contributed by atoms with van der Waals surface area (Å²) in [5.74, 6) is 0.529. The van der Waals surface area contributed by atoms with E-state index >= 15 is 0 Å². The quantitative estimate of drug-likeness (QED) is 0.700. The molecule has 148 valence electrons. The molecule has 0 spiro atoms. The lowest BCUT2D eigenvalue weighted by Gasteiger charge is -2.35. The average molecular weight is 384 g/mol. The number of rotatable bonds is 8. The number of carbonyl (C=O) groups excluding carboxylic acids is 1. The van der Waals surface area contributed by atoms with Gasteiger partial charge < -0.3 is 9.32 Å². The summed E-state index contributed by atoms with van der Waals surface area (Å²) in [7, 11) is 0. The van der Waals surface area contributed by atoms with E-state index in [9.17, 15) is 9.18 Å². The van der Waals surface area contributed by atoms with E-state index in [1.165, 1.54) is 6.07 Å². The first-order chi connectivity index (χ1) is 13.7. The highest BCUT2D eigenvalue weighted by molar-refractivity contribution is 5.78. The zero-order valence-corrected chi connectivity index (χ0v) is 15.9. The van der Waals surface area contributed by atoms with Gasteiger partial charge in [0.15, 0.2) is 0 Å². The summed E-state index contributed by atoms with van der Waals surface area (Å²) in [4.78, 5) is 18.7. The molecular weight excluding hydrogens is 359 g/mol. The number of hydrogen-bond acceptors (Lipinski definition) is 5. The summed E-state index contributed by atoms with van der Waals surface area (Å²) < 4.78 is 19.2. The third-order valence-corrected chi connectivity index (χ3v) is 4.95. The van der Waals surface area contributed by atoms with E-state index in [2.05, 4.69) is 15.9 Å². The minimum atomic E-state index is -0.175. The Kier molecular flexibility index (Phi) is 7.18. The topological polar surface area (TPSA) is 63.7 Å². The molecule has 0 radical (unpaired) electrons. The van der Waals surface area contributed by atoms with Gasteiger partial charge in [0.25, 0.3) is 0 Å². The predicted molar refractivity (Wildman–Crippen MR) is 102 cm³/mol. The van der Waals surface area contributed by atoms with Crippen LogP contribution in [0.4, 0.5) is 4.39 Å². The molecular formula is C21H25FN4O2. The van der Waals surface area contributed by atoms with Gasteiger partial charge in [0.2, 0.25) is 5.91 Å². The smallest absolute Gasteiger partial charge is 0.237 e. The Hall–Kier alpha value is -2.69. The van der Waals surface area contributed by atoms with Crippen LogP contribution in [0.3, 0.4) is 0 Å². The molecule has 1 fully saturated rings. The first-order valence-electron chi connectivity index (χ1n) is 9.51. The second-order valence-electron chi connectivity index (χ2n) is 6.95. The van der Waals surface area contributed by atoms with Crippen LogP contribution >= 0.6 is 0 Å². The molecule has 1 aliphatic rings. The molecule has 1 amide bonds. The van der Waals surface area contributed by atoms with Crippen molar-refractivity contribution in [2.24, 2.45) is 0 Å². The van der Waals surface area contributed by atoms with Gasteiger partial charge in [-0.25, -0.2) is 4.39 Å². The lowest BCUT2D eigenvalue weighted by atomic mass is 10.2. The van der Waals surface area contributed by atoms with E-state index in [0.29, 0.717) is 43.9 Å². The number of amides is 1. The molecule has 1 aliphatic heterocycles. The molecule has 0 saturated carbocycles. The van der Waals surface area contributed by atoms with Crippen molar-refractivity contribution in [1.29, 1.82) is 5.26 Å². The van der Waals surface area contributed by atoms with E-state index in [4.69, 9.17) is 9.68 Å². The number of nitriles is 1. The Bertz CT molecular complexity index is 795. The molecule has 0 unspecified atom stereocenters.